The fraction of sp³-hybridized carbons (Fsp3) is 0.474. The minimum absolute atomic E-state index is 0.170. The zero-order valence-corrected chi connectivity index (χ0v) is 15.1. The van der Waals surface area contributed by atoms with Crippen molar-refractivity contribution in [3.8, 4) is 6.07 Å². The molecule has 0 saturated carbocycles. The fourth-order valence-corrected chi connectivity index (χ4v) is 4.28. The molecule has 0 amide bonds. The van der Waals surface area contributed by atoms with Crippen LogP contribution >= 0.6 is 0 Å². The van der Waals surface area contributed by atoms with Crippen molar-refractivity contribution in [2.24, 2.45) is 0 Å². The monoisotopic (exact) mass is 366 g/mol. The lowest BCUT2D eigenvalue weighted by atomic mass is 9.90. The van der Waals surface area contributed by atoms with Crippen LogP contribution < -0.4 is 0 Å². The number of aryl methyl sites for hydroxylation is 1. The number of rotatable bonds is 4. The lowest BCUT2D eigenvalue weighted by molar-refractivity contribution is 0.0687. The van der Waals surface area contributed by atoms with Crippen molar-refractivity contribution >= 4 is 5.97 Å². The molecular formula is C19H22N6O2. The van der Waals surface area contributed by atoms with Crippen LogP contribution in [0.15, 0.2) is 18.7 Å². The van der Waals surface area contributed by atoms with Crippen LogP contribution in [-0.2, 0) is 32.5 Å². The number of carboxylic acids is 1. The number of aromatic nitrogens is 4. The van der Waals surface area contributed by atoms with Crippen LogP contribution in [0.4, 0.5) is 0 Å². The molecule has 4 rings (SSSR count). The van der Waals surface area contributed by atoms with E-state index in [-0.39, 0.29) is 11.7 Å². The highest BCUT2D eigenvalue weighted by Gasteiger charge is 2.32. The Kier molecular flexibility index (Phi) is 4.54. The van der Waals surface area contributed by atoms with E-state index in [1.807, 2.05) is 10.7 Å². The van der Waals surface area contributed by atoms with Crippen LogP contribution in [0.3, 0.4) is 0 Å². The van der Waals surface area contributed by atoms with Crippen LogP contribution in [0.5, 0.6) is 0 Å². The first-order valence-electron chi connectivity index (χ1n) is 9.24. The van der Waals surface area contributed by atoms with Crippen LogP contribution in [0, 0.1) is 11.3 Å². The third kappa shape index (κ3) is 3.15. The standard InChI is InChI=1S/C19H22N6O2/c1-2-6-25-17-5-4-14(10-16(17)18(22-25)19(26)27)23-7-3-8-24-15(12-23)9-13(11-20)21-24/h2,9,14H,1,3-8,10,12H2,(H,26,27)/t14-/m0/s1. The van der Waals surface area contributed by atoms with Crippen LogP contribution in [0.25, 0.3) is 0 Å². The Morgan fingerprint density at radius 1 is 1.44 bits per heavy atom. The molecule has 27 heavy (non-hydrogen) atoms. The number of fused-ring (bicyclic) bond motifs is 2. The van der Waals surface area contributed by atoms with Crippen molar-refractivity contribution in [2.45, 2.75) is 51.4 Å². The Labute approximate surface area is 157 Å². The second-order valence-electron chi connectivity index (χ2n) is 7.13. The molecule has 0 spiro atoms. The van der Waals surface area contributed by atoms with Gasteiger partial charge in [0.2, 0.25) is 0 Å². The molecule has 1 aliphatic carbocycles. The van der Waals surface area contributed by atoms with Crippen LogP contribution in [0.1, 0.15) is 46.0 Å². The first-order valence-corrected chi connectivity index (χ1v) is 9.24. The number of aromatic carboxylic acids is 1. The molecule has 3 heterocycles. The number of hydrogen-bond acceptors (Lipinski definition) is 5. The molecule has 2 aromatic heterocycles. The maximum atomic E-state index is 11.7. The van der Waals surface area contributed by atoms with E-state index in [0.29, 0.717) is 18.7 Å². The molecule has 0 radical (unpaired) electrons. The van der Waals surface area contributed by atoms with E-state index in [1.54, 1.807) is 10.8 Å². The van der Waals surface area contributed by atoms with Crippen molar-refractivity contribution < 1.29 is 9.90 Å². The van der Waals surface area contributed by atoms with Crippen molar-refractivity contribution in [1.82, 2.24) is 24.5 Å². The summed E-state index contributed by atoms with van der Waals surface area (Å²) in [6.07, 6.45) is 5.17. The summed E-state index contributed by atoms with van der Waals surface area (Å²) in [5.41, 5.74) is 3.56. The average molecular weight is 366 g/mol. The fourth-order valence-electron chi connectivity index (χ4n) is 4.28. The zero-order valence-electron chi connectivity index (χ0n) is 15.1. The van der Waals surface area contributed by atoms with Gasteiger partial charge in [-0.25, -0.2) is 4.79 Å². The topological polar surface area (TPSA) is 100.0 Å². The van der Waals surface area contributed by atoms with Gasteiger partial charge in [-0.1, -0.05) is 6.08 Å². The van der Waals surface area contributed by atoms with Crippen LogP contribution in [-0.4, -0.2) is 48.1 Å². The SMILES string of the molecule is C=CCn1nc(C(=O)O)c2c1CC[C@H](N1CCCn3nc(C#N)cc3C1)C2. The van der Waals surface area contributed by atoms with Gasteiger partial charge in [-0.3, -0.25) is 14.3 Å². The molecule has 1 aliphatic heterocycles. The molecule has 0 aromatic carbocycles. The first-order chi connectivity index (χ1) is 13.1. The van der Waals surface area contributed by atoms with Gasteiger partial charge in [0.15, 0.2) is 11.4 Å². The summed E-state index contributed by atoms with van der Waals surface area (Å²) < 4.78 is 3.70. The summed E-state index contributed by atoms with van der Waals surface area (Å²) in [5, 5.41) is 27.3. The molecule has 1 N–H and O–H groups in total. The largest absolute Gasteiger partial charge is 0.476 e. The van der Waals surface area contributed by atoms with Gasteiger partial charge < -0.3 is 5.11 Å². The molecule has 0 saturated heterocycles. The Bertz CT molecular complexity index is 935. The van der Waals surface area contributed by atoms with Gasteiger partial charge in [0.1, 0.15) is 6.07 Å². The maximum Gasteiger partial charge on any atom is 0.356 e. The summed E-state index contributed by atoms with van der Waals surface area (Å²) in [6, 6.07) is 4.24. The molecule has 0 bridgehead atoms. The number of carboxylic acid groups (broad SMARTS) is 1. The van der Waals surface area contributed by atoms with Gasteiger partial charge in [0.25, 0.3) is 0 Å². The van der Waals surface area contributed by atoms with E-state index >= 15 is 0 Å². The number of carbonyl (C=O) groups is 1. The predicted molar refractivity (Wildman–Crippen MR) is 97.2 cm³/mol. The summed E-state index contributed by atoms with van der Waals surface area (Å²) >= 11 is 0. The predicted octanol–water partition coefficient (Wildman–Crippen LogP) is 1.60. The molecule has 2 aliphatic rings. The minimum atomic E-state index is -0.970. The van der Waals surface area contributed by atoms with Gasteiger partial charge >= 0.3 is 5.97 Å². The van der Waals surface area contributed by atoms with E-state index in [2.05, 4.69) is 27.7 Å². The highest BCUT2D eigenvalue weighted by molar-refractivity contribution is 5.87. The van der Waals surface area contributed by atoms with Gasteiger partial charge in [0.05, 0.1) is 12.2 Å². The normalized spacial score (nSPS) is 19.6. The molecular weight excluding hydrogens is 344 g/mol. The van der Waals surface area contributed by atoms with Gasteiger partial charge in [-0.05, 0) is 31.7 Å². The molecule has 0 unspecified atom stereocenters. The van der Waals surface area contributed by atoms with Crippen molar-refractivity contribution in [1.29, 1.82) is 5.26 Å². The second-order valence-corrected chi connectivity index (χ2v) is 7.13. The van der Waals surface area contributed by atoms with E-state index in [4.69, 9.17) is 5.26 Å². The average Bonchev–Trinajstić information content (AvgIpc) is 3.16. The van der Waals surface area contributed by atoms with Crippen molar-refractivity contribution in [3.63, 3.8) is 0 Å². The number of hydrogen-bond donors (Lipinski definition) is 1. The highest BCUT2D eigenvalue weighted by atomic mass is 16.4. The summed E-state index contributed by atoms with van der Waals surface area (Å²) in [4.78, 5) is 14.1. The maximum absolute atomic E-state index is 11.7. The van der Waals surface area contributed by atoms with E-state index in [1.165, 1.54) is 0 Å². The molecule has 0 fully saturated rings. The van der Waals surface area contributed by atoms with Crippen LogP contribution in [0.2, 0.25) is 0 Å². The Balaban J connectivity index is 1.60. The second kappa shape index (κ2) is 7.00. The zero-order chi connectivity index (χ0) is 19.0. The highest BCUT2D eigenvalue weighted by Crippen LogP contribution is 2.29. The van der Waals surface area contributed by atoms with Crippen molar-refractivity contribution in [2.75, 3.05) is 6.54 Å². The smallest absolute Gasteiger partial charge is 0.356 e. The first kappa shape index (κ1) is 17.5. The molecule has 140 valence electrons. The van der Waals surface area contributed by atoms with Gasteiger partial charge in [-0.15, -0.1) is 6.58 Å². The lowest BCUT2D eigenvalue weighted by Gasteiger charge is -2.33. The van der Waals surface area contributed by atoms with Gasteiger partial charge in [-0.2, -0.15) is 15.5 Å². The molecule has 1 atom stereocenters. The van der Waals surface area contributed by atoms with E-state index < -0.39 is 5.97 Å². The quantitative estimate of drug-likeness (QED) is 0.825. The van der Waals surface area contributed by atoms with E-state index in [0.717, 1.165) is 55.8 Å². The Morgan fingerprint density at radius 3 is 3.04 bits per heavy atom. The number of nitrogens with zero attached hydrogens (tertiary/aromatic N) is 6. The number of nitriles is 1. The third-order valence-corrected chi connectivity index (χ3v) is 5.50. The Morgan fingerprint density at radius 2 is 2.30 bits per heavy atom. The summed E-state index contributed by atoms with van der Waals surface area (Å²) in [7, 11) is 0. The molecule has 2 aromatic rings. The van der Waals surface area contributed by atoms with E-state index in [9.17, 15) is 9.90 Å². The summed E-state index contributed by atoms with van der Waals surface area (Å²) in [6.45, 7) is 6.75. The Hall–Kier alpha value is -2.92. The lowest BCUT2D eigenvalue weighted by Crippen LogP contribution is -2.39. The molecule has 8 heteroatoms. The third-order valence-electron chi connectivity index (χ3n) is 5.50. The van der Waals surface area contributed by atoms with Gasteiger partial charge in [0, 0.05) is 36.9 Å². The summed E-state index contributed by atoms with van der Waals surface area (Å²) in [5.74, 6) is -0.970. The minimum Gasteiger partial charge on any atom is -0.476 e. The van der Waals surface area contributed by atoms with Crippen molar-refractivity contribution in [3.05, 3.63) is 47.1 Å². The number of allylic oxidation sites excluding steroid dienone is 1. The molecule has 8 nitrogen and oxygen atoms in total.